The first-order valence-electron chi connectivity index (χ1n) is 10.8. The Kier molecular flexibility index (Phi) is 6.11. The molecule has 0 aliphatic carbocycles. The van der Waals surface area contributed by atoms with Gasteiger partial charge in [-0.3, -0.25) is 0 Å². The maximum atomic E-state index is 6.42. The average Bonchev–Trinajstić information content (AvgIpc) is 3.44. The normalized spacial score (nSPS) is 20.7. The van der Waals surface area contributed by atoms with Crippen LogP contribution in [0.25, 0.3) is 5.52 Å². The number of nitrogens with two attached hydrogens (primary N) is 1. The number of hydrogen-bond donors (Lipinski definition) is 1. The lowest BCUT2D eigenvalue weighted by Gasteiger charge is -2.19. The molecule has 4 aromatic rings. The summed E-state index contributed by atoms with van der Waals surface area (Å²) in [6, 6.07) is 24.2. The second-order valence-electron chi connectivity index (χ2n) is 7.94. The average molecular weight is 431 g/mol. The minimum absolute atomic E-state index is 0.0966. The van der Waals surface area contributed by atoms with Crippen molar-refractivity contribution in [2.75, 3.05) is 12.3 Å². The molecule has 2 N–H and O–H groups in total. The van der Waals surface area contributed by atoms with Gasteiger partial charge in [-0.15, -0.1) is 0 Å². The molecule has 32 heavy (non-hydrogen) atoms. The van der Waals surface area contributed by atoms with Gasteiger partial charge >= 0.3 is 0 Å². The second kappa shape index (κ2) is 9.48. The topological polar surface area (TPSA) is 83.9 Å². The van der Waals surface area contributed by atoms with Crippen LogP contribution in [0.2, 0.25) is 0 Å². The third-order valence-corrected chi connectivity index (χ3v) is 5.74. The SMILES string of the molecule is Nc1ncnn2c(C3C[C@H](OCc4ccccc4)C(COCc4ccccc4)O3)ccc12. The number of benzene rings is 2. The first kappa shape index (κ1) is 20.6. The zero-order chi connectivity index (χ0) is 21.8. The van der Waals surface area contributed by atoms with Gasteiger partial charge in [0.1, 0.15) is 24.1 Å². The van der Waals surface area contributed by atoms with Gasteiger partial charge < -0.3 is 19.9 Å². The van der Waals surface area contributed by atoms with Gasteiger partial charge in [0, 0.05) is 6.42 Å². The molecule has 3 heterocycles. The van der Waals surface area contributed by atoms with Crippen molar-refractivity contribution in [3.63, 3.8) is 0 Å². The maximum absolute atomic E-state index is 6.42. The van der Waals surface area contributed by atoms with Crippen LogP contribution in [0.5, 0.6) is 0 Å². The second-order valence-corrected chi connectivity index (χ2v) is 7.94. The van der Waals surface area contributed by atoms with Gasteiger partial charge in [-0.2, -0.15) is 5.10 Å². The van der Waals surface area contributed by atoms with Crippen LogP contribution >= 0.6 is 0 Å². The van der Waals surface area contributed by atoms with E-state index in [1.807, 2.05) is 48.5 Å². The number of nitrogen functional groups attached to an aromatic ring is 1. The van der Waals surface area contributed by atoms with Gasteiger partial charge in [0.15, 0.2) is 5.82 Å². The minimum atomic E-state index is -0.183. The molecule has 1 fully saturated rings. The molecule has 2 aromatic heterocycles. The number of rotatable bonds is 8. The Morgan fingerprint density at radius 1 is 0.938 bits per heavy atom. The molecule has 0 saturated carbocycles. The predicted molar refractivity (Wildman–Crippen MR) is 121 cm³/mol. The number of hydrogen-bond acceptors (Lipinski definition) is 6. The summed E-state index contributed by atoms with van der Waals surface area (Å²) < 4.78 is 20.5. The van der Waals surface area contributed by atoms with E-state index < -0.39 is 0 Å². The van der Waals surface area contributed by atoms with Gasteiger partial charge in [0.25, 0.3) is 0 Å². The van der Waals surface area contributed by atoms with Crippen molar-refractivity contribution in [2.45, 2.75) is 37.9 Å². The Bertz CT molecular complexity index is 1150. The van der Waals surface area contributed by atoms with E-state index in [1.165, 1.54) is 6.33 Å². The van der Waals surface area contributed by atoms with Gasteiger partial charge in [0.2, 0.25) is 0 Å². The van der Waals surface area contributed by atoms with E-state index in [1.54, 1.807) is 4.52 Å². The number of anilines is 1. The highest BCUT2D eigenvalue weighted by atomic mass is 16.6. The molecule has 2 unspecified atom stereocenters. The molecule has 0 radical (unpaired) electrons. The van der Waals surface area contributed by atoms with E-state index in [9.17, 15) is 0 Å². The molecule has 0 bridgehead atoms. The van der Waals surface area contributed by atoms with E-state index in [0.29, 0.717) is 32.1 Å². The number of fused-ring (bicyclic) bond motifs is 1. The molecule has 164 valence electrons. The Morgan fingerprint density at radius 3 is 2.41 bits per heavy atom. The van der Waals surface area contributed by atoms with Crippen LogP contribution in [0.15, 0.2) is 79.1 Å². The van der Waals surface area contributed by atoms with Crippen LogP contribution in [0.3, 0.4) is 0 Å². The van der Waals surface area contributed by atoms with Crippen LogP contribution in [-0.4, -0.2) is 33.4 Å². The molecule has 1 aliphatic heterocycles. The Balaban J connectivity index is 1.30. The quantitative estimate of drug-likeness (QED) is 0.456. The van der Waals surface area contributed by atoms with Crippen molar-refractivity contribution in [3.05, 3.63) is 95.9 Å². The fraction of sp³-hybridized carbons (Fsp3) is 0.280. The molecule has 5 rings (SSSR count). The molecule has 7 nitrogen and oxygen atoms in total. The zero-order valence-corrected chi connectivity index (χ0v) is 17.7. The lowest BCUT2D eigenvalue weighted by Crippen LogP contribution is -2.29. The summed E-state index contributed by atoms with van der Waals surface area (Å²) in [6.07, 6.45) is 1.73. The van der Waals surface area contributed by atoms with Gasteiger partial charge in [0.05, 0.1) is 31.6 Å². The summed E-state index contributed by atoms with van der Waals surface area (Å²) in [5, 5.41) is 4.37. The summed E-state index contributed by atoms with van der Waals surface area (Å²) in [4.78, 5) is 4.07. The van der Waals surface area contributed by atoms with E-state index in [0.717, 1.165) is 22.3 Å². The first-order chi connectivity index (χ1) is 15.8. The monoisotopic (exact) mass is 430 g/mol. The number of ether oxygens (including phenoxy) is 3. The molecule has 2 aromatic carbocycles. The van der Waals surface area contributed by atoms with E-state index >= 15 is 0 Å². The fourth-order valence-electron chi connectivity index (χ4n) is 4.09. The lowest BCUT2D eigenvalue weighted by molar-refractivity contribution is -0.0722. The van der Waals surface area contributed by atoms with Crippen LogP contribution in [-0.2, 0) is 27.4 Å². The van der Waals surface area contributed by atoms with Gasteiger partial charge in [-0.25, -0.2) is 9.50 Å². The third kappa shape index (κ3) is 4.50. The van der Waals surface area contributed by atoms with Crippen molar-refractivity contribution in [1.29, 1.82) is 0 Å². The molecule has 7 heteroatoms. The maximum Gasteiger partial charge on any atom is 0.151 e. The Hall–Kier alpha value is -3.26. The van der Waals surface area contributed by atoms with Gasteiger partial charge in [-0.1, -0.05) is 60.7 Å². The highest BCUT2D eigenvalue weighted by Gasteiger charge is 2.38. The van der Waals surface area contributed by atoms with Crippen molar-refractivity contribution in [2.24, 2.45) is 0 Å². The van der Waals surface area contributed by atoms with Crippen molar-refractivity contribution < 1.29 is 14.2 Å². The molecule has 1 saturated heterocycles. The summed E-state index contributed by atoms with van der Waals surface area (Å²) in [6.45, 7) is 1.51. The van der Waals surface area contributed by atoms with Crippen molar-refractivity contribution in [3.8, 4) is 0 Å². The molecule has 0 amide bonds. The summed E-state index contributed by atoms with van der Waals surface area (Å²) in [7, 11) is 0. The minimum Gasteiger partial charge on any atom is -0.382 e. The van der Waals surface area contributed by atoms with Crippen molar-refractivity contribution >= 4 is 11.3 Å². The zero-order valence-electron chi connectivity index (χ0n) is 17.7. The standard InChI is InChI=1S/C25H26N4O3/c26-25-21-12-11-20(29(21)28-17-27-25)22-13-23(31-15-19-9-5-2-6-10-19)24(32-22)16-30-14-18-7-3-1-4-8-18/h1-12,17,22-24H,13-16H2,(H2,26,27,28)/t22?,23-,24?/m0/s1. The number of aromatic nitrogens is 3. The Morgan fingerprint density at radius 2 is 1.66 bits per heavy atom. The molecule has 1 aliphatic rings. The van der Waals surface area contributed by atoms with E-state index in [2.05, 4.69) is 34.3 Å². The number of nitrogens with zero attached hydrogens (tertiary/aromatic N) is 3. The largest absolute Gasteiger partial charge is 0.382 e. The third-order valence-electron chi connectivity index (χ3n) is 5.74. The summed E-state index contributed by atoms with van der Waals surface area (Å²) in [5.41, 5.74) is 9.98. The summed E-state index contributed by atoms with van der Waals surface area (Å²) in [5.74, 6) is 0.448. The summed E-state index contributed by atoms with van der Waals surface area (Å²) >= 11 is 0. The van der Waals surface area contributed by atoms with Crippen LogP contribution in [0.1, 0.15) is 29.3 Å². The molecule has 3 atom stereocenters. The Labute approximate surface area is 186 Å². The molecular formula is C25H26N4O3. The van der Waals surface area contributed by atoms with Crippen LogP contribution < -0.4 is 5.73 Å². The van der Waals surface area contributed by atoms with Gasteiger partial charge in [-0.05, 0) is 23.3 Å². The molecular weight excluding hydrogens is 404 g/mol. The van der Waals surface area contributed by atoms with Crippen LogP contribution in [0, 0.1) is 0 Å². The first-order valence-corrected chi connectivity index (χ1v) is 10.8. The van der Waals surface area contributed by atoms with E-state index in [4.69, 9.17) is 19.9 Å². The highest BCUT2D eigenvalue weighted by Crippen LogP contribution is 2.36. The smallest absolute Gasteiger partial charge is 0.151 e. The van der Waals surface area contributed by atoms with E-state index in [-0.39, 0.29) is 18.3 Å². The highest BCUT2D eigenvalue weighted by molar-refractivity contribution is 5.65. The predicted octanol–water partition coefficient (Wildman–Crippen LogP) is 3.94. The lowest BCUT2D eigenvalue weighted by atomic mass is 10.1. The van der Waals surface area contributed by atoms with Crippen molar-refractivity contribution in [1.82, 2.24) is 14.6 Å². The van der Waals surface area contributed by atoms with Crippen LogP contribution in [0.4, 0.5) is 5.82 Å². The fourth-order valence-corrected chi connectivity index (χ4v) is 4.09. The molecule has 0 spiro atoms.